The molecule has 0 nitrogen and oxygen atoms in total. The Morgan fingerprint density at radius 3 is 1.48 bits per heavy atom. The van der Waals surface area contributed by atoms with Crippen LogP contribution in [0.2, 0.25) is 0 Å². The third-order valence-electron chi connectivity index (χ3n) is 3.75. The summed E-state index contributed by atoms with van der Waals surface area (Å²) in [4.78, 5) is 0. The van der Waals surface area contributed by atoms with Crippen molar-refractivity contribution in [2.45, 2.75) is 12.3 Å². The third-order valence-corrected chi connectivity index (χ3v) is 3.75. The molecule has 0 heteroatoms. The lowest BCUT2D eigenvalue weighted by molar-refractivity contribution is 0.888. The third kappa shape index (κ3) is 3.61. The van der Waals surface area contributed by atoms with Gasteiger partial charge in [0.15, 0.2) is 0 Å². The number of rotatable bonds is 5. The highest BCUT2D eigenvalue weighted by Crippen LogP contribution is 2.28. The highest BCUT2D eigenvalue weighted by atomic mass is 14.2. The minimum absolute atomic E-state index is 0.340. The van der Waals surface area contributed by atoms with Crippen molar-refractivity contribution in [3.63, 3.8) is 0 Å². The molecule has 0 aliphatic rings. The fourth-order valence-corrected chi connectivity index (χ4v) is 2.65. The Balaban J connectivity index is 1.83. The van der Waals surface area contributed by atoms with Gasteiger partial charge in [-0.15, -0.1) is 0 Å². The van der Waals surface area contributed by atoms with Crippen LogP contribution in [0.25, 0.3) is 0 Å². The molecule has 0 spiro atoms. The summed E-state index contributed by atoms with van der Waals surface area (Å²) in [6.45, 7) is 0. The van der Waals surface area contributed by atoms with Gasteiger partial charge in [0.05, 0.1) is 0 Å². The maximum atomic E-state index is 2.40. The molecule has 103 valence electrons. The number of hydrogen-bond acceptors (Lipinski definition) is 0. The molecule has 0 aliphatic carbocycles. The van der Waals surface area contributed by atoms with Crippen molar-refractivity contribution in [1.82, 2.24) is 0 Å². The first-order chi connectivity index (χ1) is 10.4. The van der Waals surface area contributed by atoms with Crippen molar-refractivity contribution in [2.24, 2.45) is 0 Å². The highest BCUT2D eigenvalue weighted by molar-refractivity contribution is 5.36. The Labute approximate surface area is 127 Å². The first-order valence-electron chi connectivity index (χ1n) is 7.40. The predicted molar refractivity (Wildman–Crippen MR) is 89.2 cm³/mol. The van der Waals surface area contributed by atoms with E-state index < -0.39 is 0 Å². The van der Waals surface area contributed by atoms with Gasteiger partial charge in [0, 0.05) is 5.92 Å². The standard InChI is InChI=1S/C21H19/c1-4-10-18(11-5-1)16-17-21(19-12-6-2-7-13-19)20-14-8-3-9-15-20/h1-15,17,21H,16H2. The van der Waals surface area contributed by atoms with Crippen LogP contribution < -0.4 is 0 Å². The van der Waals surface area contributed by atoms with Gasteiger partial charge in [0.2, 0.25) is 0 Å². The van der Waals surface area contributed by atoms with Crippen LogP contribution in [0.15, 0.2) is 91.0 Å². The second kappa shape index (κ2) is 6.90. The SMILES string of the molecule is [CH](Cc1ccccc1)C(c1ccccc1)c1ccccc1. The lowest BCUT2D eigenvalue weighted by Gasteiger charge is -2.18. The molecule has 0 heterocycles. The quantitative estimate of drug-likeness (QED) is 0.593. The van der Waals surface area contributed by atoms with Crippen molar-refractivity contribution < 1.29 is 0 Å². The molecule has 0 unspecified atom stereocenters. The van der Waals surface area contributed by atoms with E-state index in [2.05, 4.69) is 97.4 Å². The molecule has 3 rings (SSSR count). The molecule has 0 saturated carbocycles. The molecule has 21 heavy (non-hydrogen) atoms. The molecular weight excluding hydrogens is 252 g/mol. The Morgan fingerprint density at radius 1 is 0.571 bits per heavy atom. The van der Waals surface area contributed by atoms with Gasteiger partial charge in [-0.25, -0.2) is 0 Å². The lowest BCUT2D eigenvalue weighted by Crippen LogP contribution is -2.04. The normalized spacial score (nSPS) is 10.7. The minimum atomic E-state index is 0.340. The second-order valence-electron chi connectivity index (χ2n) is 5.22. The Kier molecular flexibility index (Phi) is 4.48. The van der Waals surface area contributed by atoms with Crippen molar-refractivity contribution in [3.05, 3.63) is 114 Å². The van der Waals surface area contributed by atoms with E-state index in [-0.39, 0.29) is 0 Å². The molecule has 0 aliphatic heterocycles. The monoisotopic (exact) mass is 271 g/mol. The zero-order valence-corrected chi connectivity index (χ0v) is 12.0. The number of hydrogen-bond donors (Lipinski definition) is 0. The van der Waals surface area contributed by atoms with Crippen LogP contribution in [0.1, 0.15) is 22.6 Å². The molecule has 0 atom stereocenters. The molecule has 3 aromatic rings. The molecule has 1 radical (unpaired) electrons. The molecule has 3 aromatic carbocycles. The highest BCUT2D eigenvalue weighted by Gasteiger charge is 2.13. The van der Waals surface area contributed by atoms with E-state index in [1.54, 1.807) is 0 Å². The van der Waals surface area contributed by atoms with Crippen molar-refractivity contribution in [1.29, 1.82) is 0 Å². The Morgan fingerprint density at radius 2 is 1.00 bits per heavy atom. The summed E-state index contributed by atoms with van der Waals surface area (Å²) in [5, 5.41) is 0. The van der Waals surface area contributed by atoms with Crippen molar-refractivity contribution in [3.8, 4) is 0 Å². The lowest BCUT2D eigenvalue weighted by atomic mass is 9.86. The van der Waals surface area contributed by atoms with E-state index in [4.69, 9.17) is 0 Å². The van der Waals surface area contributed by atoms with E-state index in [9.17, 15) is 0 Å². The number of benzene rings is 3. The first-order valence-corrected chi connectivity index (χ1v) is 7.40. The Bertz CT molecular complexity index is 602. The van der Waals surface area contributed by atoms with Gasteiger partial charge >= 0.3 is 0 Å². The van der Waals surface area contributed by atoms with Gasteiger partial charge in [0.1, 0.15) is 0 Å². The van der Waals surface area contributed by atoms with Crippen molar-refractivity contribution in [2.75, 3.05) is 0 Å². The Hall–Kier alpha value is -2.34. The average Bonchev–Trinajstić information content (AvgIpc) is 2.58. The van der Waals surface area contributed by atoms with E-state index in [0.29, 0.717) is 5.92 Å². The molecular formula is C21H19. The van der Waals surface area contributed by atoms with E-state index in [0.717, 1.165) is 6.42 Å². The largest absolute Gasteiger partial charge is 0.0622 e. The summed E-state index contributed by atoms with van der Waals surface area (Å²) in [5.41, 5.74) is 4.05. The first kappa shape index (κ1) is 13.6. The van der Waals surface area contributed by atoms with Crippen LogP contribution in [0.5, 0.6) is 0 Å². The van der Waals surface area contributed by atoms with Crippen LogP contribution in [-0.4, -0.2) is 0 Å². The molecule has 0 saturated heterocycles. The van der Waals surface area contributed by atoms with Crippen LogP contribution in [0.4, 0.5) is 0 Å². The molecule has 0 fully saturated rings. The van der Waals surface area contributed by atoms with Gasteiger partial charge in [-0.3, -0.25) is 0 Å². The fourth-order valence-electron chi connectivity index (χ4n) is 2.65. The van der Waals surface area contributed by atoms with Crippen LogP contribution >= 0.6 is 0 Å². The summed E-state index contributed by atoms with van der Waals surface area (Å²) in [6.07, 6.45) is 3.38. The topological polar surface area (TPSA) is 0 Å². The summed E-state index contributed by atoms with van der Waals surface area (Å²) < 4.78 is 0. The van der Waals surface area contributed by atoms with Gasteiger partial charge in [0.25, 0.3) is 0 Å². The minimum Gasteiger partial charge on any atom is -0.0622 e. The van der Waals surface area contributed by atoms with Gasteiger partial charge in [-0.1, -0.05) is 91.0 Å². The van der Waals surface area contributed by atoms with Gasteiger partial charge < -0.3 is 0 Å². The van der Waals surface area contributed by atoms with Gasteiger partial charge in [-0.2, -0.15) is 0 Å². The van der Waals surface area contributed by atoms with Crippen LogP contribution in [0, 0.1) is 6.42 Å². The average molecular weight is 271 g/mol. The zero-order valence-electron chi connectivity index (χ0n) is 12.0. The summed E-state index contributed by atoms with van der Waals surface area (Å²) in [7, 11) is 0. The van der Waals surface area contributed by atoms with Gasteiger partial charge in [-0.05, 0) is 29.5 Å². The maximum absolute atomic E-state index is 2.40. The summed E-state index contributed by atoms with van der Waals surface area (Å²) in [5.74, 6) is 0.340. The smallest absolute Gasteiger partial charge is 0.0124 e. The molecule has 0 amide bonds. The fraction of sp³-hybridized carbons (Fsp3) is 0.0952. The van der Waals surface area contributed by atoms with Crippen LogP contribution in [0.3, 0.4) is 0 Å². The predicted octanol–water partition coefficient (Wildman–Crippen LogP) is 5.27. The summed E-state index contributed by atoms with van der Waals surface area (Å²) >= 11 is 0. The van der Waals surface area contributed by atoms with E-state index in [1.165, 1.54) is 16.7 Å². The van der Waals surface area contributed by atoms with E-state index >= 15 is 0 Å². The van der Waals surface area contributed by atoms with Crippen LogP contribution in [-0.2, 0) is 6.42 Å². The molecule has 0 bridgehead atoms. The van der Waals surface area contributed by atoms with Crippen molar-refractivity contribution >= 4 is 0 Å². The molecule has 0 N–H and O–H groups in total. The maximum Gasteiger partial charge on any atom is 0.0124 e. The van der Waals surface area contributed by atoms with E-state index in [1.807, 2.05) is 0 Å². The second-order valence-corrected chi connectivity index (χ2v) is 5.22. The zero-order chi connectivity index (χ0) is 14.3. The molecule has 0 aromatic heterocycles. The summed E-state index contributed by atoms with van der Waals surface area (Å²) in [6, 6.07) is 32.1.